The van der Waals surface area contributed by atoms with Crippen molar-refractivity contribution in [3.8, 4) is 0 Å². The normalized spacial score (nSPS) is 21.7. The first-order chi connectivity index (χ1) is 10.1. The summed E-state index contributed by atoms with van der Waals surface area (Å²) >= 11 is 0. The molecule has 0 aliphatic heterocycles. The van der Waals surface area contributed by atoms with Gasteiger partial charge in [0.25, 0.3) is 0 Å². The molecule has 1 aromatic rings. The zero-order valence-corrected chi connectivity index (χ0v) is 12.1. The van der Waals surface area contributed by atoms with E-state index in [1.807, 2.05) is 30.3 Å². The third-order valence-corrected chi connectivity index (χ3v) is 5.11. The Morgan fingerprint density at radius 1 is 1.05 bits per heavy atom. The smallest absolute Gasteiger partial charge is 0.311 e. The van der Waals surface area contributed by atoms with Gasteiger partial charge in [0, 0.05) is 6.54 Å². The first kappa shape index (κ1) is 14.1. The van der Waals surface area contributed by atoms with Crippen molar-refractivity contribution in [3.05, 3.63) is 35.9 Å². The molecule has 2 fully saturated rings. The maximum Gasteiger partial charge on any atom is 0.311 e. The lowest BCUT2D eigenvalue weighted by Gasteiger charge is -2.29. The number of carbonyl (C=O) groups excluding carboxylic acids is 1. The predicted molar refractivity (Wildman–Crippen MR) is 78.9 cm³/mol. The van der Waals surface area contributed by atoms with E-state index in [0.29, 0.717) is 12.8 Å². The molecule has 0 aromatic heterocycles. The maximum atomic E-state index is 12.8. The maximum absolute atomic E-state index is 12.8. The number of carboxylic acid groups (broad SMARTS) is 1. The summed E-state index contributed by atoms with van der Waals surface area (Å²) < 4.78 is 0. The largest absolute Gasteiger partial charge is 0.481 e. The summed E-state index contributed by atoms with van der Waals surface area (Å²) in [5.74, 6) is -0.790. The van der Waals surface area contributed by atoms with Crippen LogP contribution in [0.3, 0.4) is 0 Å². The topological polar surface area (TPSA) is 66.4 Å². The third-order valence-electron chi connectivity index (χ3n) is 5.11. The highest BCUT2D eigenvalue weighted by Gasteiger charge is 2.51. The summed E-state index contributed by atoms with van der Waals surface area (Å²) in [6.07, 6.45) is 5.13. The van der Waals surface area contributed by atoms with E-state index in [-0.39, 0.29) is 12.5 Å². The summed E-state index contributed by atoms with van der Waals surface area (Å²) in [6.45, 7) is 0.260. The van der Waals surface area contributed by atoms with E-state index in [0.717, 1.165) is 31.2 Å². The van der Waals surface area contributed by atoms with Crippen LogP contribution in [0.1, 0.15) is 44.1 Å². The molecule has 2 N–H and O–H groups in total. The van der Waals surface area contributed by atoms with Crippen LogP contribution in [-0.2, 0) is 15.0 Å². The lowest BCUT2D eigenvalue weighted by Crippen LogP contribution is -2.45. The van der Waals surface area contributed by atoms with E-state index in [4.69, 9.17) is 0 Å². The number of benzene rings is 1. The number of aliphatic carboxylic acids is 1. The monoisotopic (exact) mass is 287 g/mol. The van der Waals surface area contributed by atoms with Crippen LogP contribution in [0.15, 0.2) is 30.3 Å². The summed E-state index contributed by atoms with van der Waals surface area (Å²) in [4.78, 5) is 24.0. The molecular formula is C17H21NO3. The van der Waals surface area contributed by atoms with Crippen molar-refractivity contribution in [1.82, 2.24) is 5.32 Å². The molecule has 0 atom stereocenters. The molecule has 21 heavy (non-hydrogen) atoms. The lowest BCUT2D eigenvalue weighted by molar-refractivity contribution is -0.143. The highest BCUT2D eigenvalue weighted by atomic mass is 16.4. The SMILES string of the molecule is O=C(O)C1(CNC(=O)C2(c3ccccc3)CCCC2)CC1. The van der Waals surface area contributed by atoms with Gasteiger partial charge >= 0.3 is 5.97 Å². The molecule has 112 valence electrons. The fourth-order valence-electron chi connectivity index (χ4n) is 3.42. The van der Waals surface area contributed by atoms with Crippen molar-refractivity contribution in [2.45, 2.75) is 43.9 Å². The molecule has 4 heteroatoms. The molecule has 0 heterocycles. The minimum Gasteiger partial charge on any atom is -0.481 e. The van der Waals surface area contributed by atoms with Gasteiger partial charge in [-0.05, 0) is 31.2 Å². The highest BCUT2D eigenvalue weighted by Crippen LogP contribution is 2.46. The van der Waals surface area contributed by atoms with Gasteiger partial charge in [-0.25, -0.2) is 0 Å². The number of nitrogens with one attached hydrogen (secondary N) is 1. The summed E-state index contributed by atoms with van der Waals surface area (Å²) in [5.41, 5.74) is -0.109. The fourth-order valence-corrected chi connectivity index (χ4v) is 3.42. The number of rotatable bonds is 5. The number of amides is 1. The number of carbonyl (C=O) groups is 2. The summed E-state index contributed by atoms with van der Waals surface area (Å²) in [7, 11) is 0. The van der Waals surface area contributed by atoms with Crippen molar-refractivity contribution in [3.63, 3.8) is 0 Å². The van der Waals surface area contributed by atoms with Crippen LogP contribution in [0.2, 0.25) is 0 Å². The fraction of sp³-hybridized carbons (Fsp3) is 0.529. The summed E-state index contributed by atoms with van der Waals surface area (Å²) in [6, 6.07) is 9.89. The van der Waals surface area contributed by atoms with Crippen molar-refractivity contribution >= 4 is 11.9 Å². The zero-order valence-electron chi connectivity index (χ0n) is 12.1. The van der Waals surface area contributed by atoms with Gasteiger partial charge in [0.15, 0.2) is 0 Å². The van der Waals surface area contributed by atoms with Crippen LogP contribution in [0.5, 0.6) is 0 Å². The zero-order chi connectivity index (χ0) is 14.9. The van der Waals surface area contributed by atoms with Crippen LogP contribution in [0.4, 0.5) is 0 Å². The highest BCUT2D eigenvalue weighted by molar-refractivity contribution is 5.89. The molecule has 2 saturated carbocycles. The molecule has 2 aliphatic carbocycles. The van der Waals surface area contributed by atoms with Crippen LogP contribution in [-0.4, -0.2) is 23.5 Å². The predicted octanol–water partition coefficient (Wildman–Crippen LogP) is 2.48. The second kappa shape index (κ2) is 5.17. The van der Waals surface area contributed by atoms with Crippen molar-refractivity contribution in [1.29, 1.82) is 0 Å². The Hall–Kier alpha value is -1.84. The Morgan fingerprint density at radius 2 is 1.67 bits per heavy atom. The van der Waals surface area contributed by atoms with Crippen LogP contribution in [0, 0.1) is 5.41 Å². The molecule has 0 bridgehead atoms. The van der Waals surface area contributed by atoms with E-state index in [1.54, 1.807) is 0 Å². The van der Waals surface area contributed by atoms with E-state index >= 15 is 0 Å². The van der Waals surface area contributed by atoms with Gasteiger partial charge < -0.3 is 10.4 Å². The standard InChI is InChI=1S/C17H21NO3/c19-14(18-12-16(10-11-16)15(20)21)17(8-4-5-9-17)13-6-2-1-3-7-13/h1-3,6-7H,4-5,8-12H2,(H,18,19)(H,20,21). The van der Waals surface area contributed by atoms with Crippen molar-refractivity contribution < 1.29 is 14.7 Å². The Labute approximate surface area is 124 Å². The third kappa shape index (κ3) is 2.43. The second-order valence-electron chi connectivity index (χ2n) is 6.42. The molecule has 0 unspecified atom stereocenters. The van der Waals surface area contributed by atoms with E-state index in [1.165, 1.54) is 0 Å². The van der Waals surface area contributed by atoms with Crippen molar-refractivity contribution in [2.24, 2.45) is 5.41 Å². The molecule has 3 rings (SSSR count). The first-order valence-corrected chi connectivity index (χ1v) is 7.66. The molecule has 2 aliphatic rings. The molecule has 0 spiro atoms. The van der Waals surface area contributed by atoms with Gasteiger partial charge in [-0.15, -0.1) is 0 Å². The first-order valence-electron chi connectivity index (χ1n) is 7.66. The van der Waals surface area contributed by atoms with Gasteiger partial charge in [-0.3, -0.25) is 9.59 Å². The minimum atomic E-state index is -0.789. The molecule has 0 radical (unpaired) electrons. The van der Waals surface area contributed by atoms with Crippen LogP contribution >= 0.6 is 0 Å². The molecular weight excluding hydrogens is 266 g/mol. The number of hydrogen-bond donors (Lipinski definition) is 2. The Balaban J connectivity index is 1.76. The molecule has 0 saturated heterocycles. The molecule has 1 aromatic carbocycles. The van der Waals surface area contributed by atoms with Crippen molar-refractivity contribution in [2.75, 3.05) is 6.54 Å². The van der Waals surface area contributed by atoms with Gasteiger partial charge in [0.05, 0.1) is 10.8 Å². The number of carboxylic acids is 1. The van der Waals surface area contributed by atoms with Gasteiger partial charge in [0.2, 0.25) is 5.91 Å². The van der Waals surface area contributed by atoms with E-state index in [2.05, 4.69) is 5.32 Å². The Kier molecular flexibility index (Phi) is 3.47. The number of hydrogen-bond acceptors (Lipinski definition) is 2. The van der Waals surface area contributed by atoms with E-state index in [9.17, 15) is 14.7 Å². The van der Waals surface area contributed by atoms with Gasteiger partial charge in [0.1, 0.15) is 0 Å². The Bertz CT molecular complexity index is 542. The van der Waals surface area contributed by atoms with Crippen LogP contribution < -0.4 is 5.32 Å². The molecule has 4 nitrogen and oxygen atoms in total. The molecule has 1 amide bonds. The minimum absolute atomic E-state index is 0.00118. The lowest BCUT2D eigenvalue weighted by atomic mass is 9.78. The summed E-state index contributed by atoms with van der Waals surface area (Å²) in [5, 5.41) is 12.1. The average Bonchev–Trinajstić information content (AvgIpc) is 3.14. The van der Waals surface area contributed by atoms with Gasteiger partial charge in [-0.1, -0.05) is 43.2 Å². The van der Waals surface area contributed by atoms with Gasteiger partial charge in [-0.2, -0.15) is 0 Å². The second-order valence-corrected chi connectivity index (χ2v) is 6.42. The van der Waals surface area contributed by atoms with E-state index < -0.39 is 16.8 Å². The van der Waals surface area contributed by atoms with Crippen LogP contribution in [0.25, 0.3) is 0 Å². The Morgan fingerprint density at radius 3 is 2.19 bits per heavy atom. The quantitative estimate of drug-likeness (QED) is 0.874. The average molecular weight is 287 g/mol.